The highest BCUT2D eigenvalue weighted by Crippen LogP contribution is 2.33. The van der Waals surface area contributed by atoms with Gasteiger partial charge >= 0.3 is 6.03 Å². The summed E-state index contributed by atoms with van der Waals surface area (Å²) in [6.45, 7) is 5.92. The first kappa shape index (κ1) is 21.2. The second-order valence-electron chi connectivity index (χ2n) is 7.77. The highest BCUT2D eigenvalue weighted by atomic mass is 32.2. The van der Waals surface area contributed by atoms with Crippen molar-refractivity contribution in [3.63, 3.8) is 0 Å². The topological polar surface area (TPSA) is 81.8 Å². The second kappa shape index (κ2) is 10.3. The number of rotatable bonds is 9. The Hall–Kier alpha value is -1.54. The second-order valence-corrected chi connectivity index (χ2v) is 9.04. The van der Waals surface area contributed by atoms with Crippen LogP contribution in [-0.4, -0.2) is 83.3 Å². The van der Waals surface area contributed by atoms with Gasteiger partial charge in [-0.05, 0) is 18.9 Å². The molecule has 3 heterocycles. The lowest BCUT2D eigenvalue weighted by Gasteiger charge is -2.34. The summed E-state index contributed by atoms with van der Waals surface area (Å²) in [5, 5.41) is 6.45. The van der Waals surface area contributed by atoms with Crippen LogP contribution in [0.2, 0.25) is 0 Å². The molecule has 3 aliphatic rings. The molecule has 3 fully saturated rings. The molecule has 2 N–H and O–H groups in total. The minimum atomic E-state index is -0.0397. The summed E-state index contributed by atoms with van der Waals surface area (Å²) in [5.41, 5.74) is 0. The van der Waals surface area contributed by atoms with Gasteiger partial charge < -0.3 is 15.5 Å². The van der Waals surface area contributed by atoms with Crippen molar-refractivity contribution in [1.29, 1.82) is 0 Å². The molecule has 0 aliphatic carbocycles. The van der Waals surface area contributed by atoms with Crippen molar-refractivity contribution in [2.45, 2.75) is 56.4 Å². The molecule has 3 atom stereocenters. The Morgan fingerprint density at radius 3 is 2.71 bits per heavy atom. The molecule has 0 bridgehead atoms. The average Bonchev–Trinajstić information content (AvgIpc) is 3.24. The third-order valence-corrected chi connectivity index (χ3v) is 7.32. The Bertz CT molecular complexity index is 604. The van der Waals surface area contributed by atoms with Gasteiger partial charge in [-0.15, -0.1) is 0 Å². The first-order valence-corrected chi connectivity index (χ1v) is 11.5. The molecule has 3 saturated heterocycles. The van der Waals surface area contributed by atoms with Gasteiger partial charge in [0.15, 0.2) is 5.78 Å². The van der Waals surface area contributed by atoms with E-state index in [0.717, 1.165) is 57.7 Å². The number of thioether (sulfide) groups is 1. The summed E-state index contributed by atoms with van der Waals surface area (Å²) in [4.78, 5) is 39.4. The van der Waals surface area contributed by atoms with Crippen molar-refractivity contribution in [2.75, 3.05) is 38.5 Å². The normalized spacial score (nSPS) is 27.7. The van der Waals surface area contributed by atoms with E-state index in [2.05, 4.69) is 15.5 Å². The zero-order valence-corrected chi connectivity index (χ0v) is 17.5. The molecule has 28 heavy (non-hydrogen) atoms. The van der Waals surface area contributed by atoms with Gasteiger partial charge in [-0.2, -0.15) is 11.8 Å². The lowest BCUT2D eigenvalue weighted by atomic mass is 10.0. The number of ketones is 1. The summed E-state index contributed by atoms with van der Waals surface area (Å²) < 4.78 is 0. The number of piperazine rings is 1. The number of fused-ring (bicyclic) bond motifs is 1. The molecule has 0 aromatic heterocycles. The number of allylic oxidation sites excluding steroid dienone is 1. The van der Waals surface area contributed by atoms with E-state index in [0.29, 0.717) is 18.1 Å². The maximum Gasteiger partial charge on any atom is 0.315 e. The van der Waals surface area contributed by atoms with Gasteiger partial charge in [-0.25, -0.2) is 4.79 Å². The molecule has 3 aliphatic heterocycles. The molecular formula is C20H32N4O3S. The van der Waals surface area contributed by atoms with Crippen LogP contribution >= 0.6 is 11.8 Å². The van der Waals surface area contributed by atoms with Crippen molar-refractivity contribution in [1.82, 2.24) is 20.4 Å². The van der Waals surface area contributed by atoms with Crippen LogP contribution in [0.1, 0.15) is 39.0 Å². The fourth-order valence-electron chi connectivity index (χ4n) is 4.05. The van der Waals surface area contributed by atoms with Crippen molar-refractivity contribution in [3.8, 4) is 0 Å². The van der Waals surface area contributed by atoms with Gasteiger partial charge in [0.2, 0.25) is 5.91 Å². The van der Waals surface area contributed by atoms with Crippen LogP contribution in [0, 0.1) is 0 Å². The molecule has 0 spiro atoms. The number of carbonyl (C=O) groups excluding carboxylic acids is 3. The minimum Gasteiger partial charge on any atom is -0.340 e. The number of hydrogen-bond donors (Lipinski definition) is 2. The maximum absolute atomic E-state index is 12.4. The zero-order chi connectivity index (χ0) is 19.9. The number of amides is 3. The Balaban J connectivity index is 1.27. The van der Waals surface area contributed by atoms with Crippen molar-refractivity contribution < 1.29 is 14.4 Å². The first-order valence-electron chi connectivity index (χ1n) is 10.4. The molecule has 3 amide bonds. The van der Waals surface area contributed by atoms with Crippen LogP contribution in [0.15, 0.2) is 12.2 Å². The predicted octanol–water partition coefficient (Wildman–Crippen LogP) is 1.39. The molecule has 7 nitrogen and oxygen atoms in total. The Morgan fingerprint density at radius 1 is 1.18 bits per heavy atom. The first-order chi connectivity index (χ1) is 13.6. The van der Waals surface area contributed by atoms with Gasteiger partial charge in [-0.3, -0.25) is 14.5 Å². The van der Waals surface area contributed by atoms with Crippen LogP contribution in [0.4, 0.5) is 4.79 Å². The highest BCUT2D eigenvalue weighted by molar-refractivity contribution is 8.00. The summed E-state index contributed by atoms with van der Waals surface area (Å²) in [6, 6.07) is 0.486. The van der Waals surface area contributed by atoms with Gasteiger partial charge in [0, 0.05) is 56.6 Å². The molecule has 156 valence electrons. The molecule has 0 radical (unpaired) electrons. The van der Waals surface area contributed by atoms with E-state index in [9.17, 15) is 14.4 Å². The number of carbonyl (C=O) groups is 3. The van der Waals surface area contributed by atoms with Crippen LogP contribution in [0.3, 0.4) is 0 Å². The molecule has 8 heteroatoms. The SMILES string of the molecule is CCC(=O)/C=C/CN1CCN(C(=O)CCCCC2SCC3NC(=O)NC32)CC1. The lowest BCUT2D eigenvalue weighted by Crippen LogP contribution is -2.48. The minimum absolute atomic E-state index is 0.0397. The standard InChI is InChI=1S/C20H32N4O3S/c1-2-15(25)6-5-9-23-10-12-24(13-11-23)18(26)8-4-3-7-17-19-16(14-28-17)21-20(27)22-19/h5-6,16-17,19H,2-4,7-14H2,1H3,(H2,21,22,27)/b6-5+. The van der Waals surface area contributed by atoms with E-state index in [-0.39, 0.29) is 29.8 Å². The fourth-order valence-corrected chi connectivity index (χ4v) is 5.60. The molecule has 0 aromatic carbocycles. The van der Waals surface area contributed by atoms with E-state index >= 15 is 0 Å². The Labute approximate surface area is 171 Å². The monoisotopic (exact) mass is 408 g/mol. The average molecular weight is 409 g/mol. The fraction of sp³-hybridized carbons (Fsp3) is 0.750. The Morgan fingerprint density at radius 2 is 1.96 bits per heavy atom. The maximum atomic E-state index is 12.4. The van der Waals surface area contributed by atoms with E-state index in [1.807, 2.05) is 29.7 Å². The van der Waals surface area contributed by atoms with Gasteiger partial charge in [0.05, 0.1) is 12.1 Å². The molecule has 0 aromatic rings. The molecule has 3 unspecified atom stereocenters. The van der Waals surface area contributed by atoms with Gasteiger partial charge in [0.25, 0.3) is 0 Å². The third-order valence-electron chi connectivity index (χ3n) is 5.81. The van der Waals surface area contributed by atoms with E-state index in [4.69, 9.17) is 0 Å². The number of nitrogens with one attached hydrogen (secondary N) is 2. The van der Waals surface area contributed by atoms with Crippen LogP contribution < -0.4 is 10.6 Å². The summed E-state index contributed by atoms with van der Waals surface area (Å²) in [7, 11) is 0. The van der Waals surface area contributed by atoms with Crippen LogP contribution in [0.25, 0.3) is 0 Å². The van der Waals surface area contributed by atoms with E-state index in [1.165, 1.54) is 0 Å². The zero-order valence-electron chi connectivity index (χ0n) is 16.7. The summed E-state index contributed by atoms with van der Waals surface area (Å²) >= 11 is 1.93. The molecular weight excluding hydrogens is 376 g/mol. The number of urea groups is 1. The quantitative estimate of drug-likeness (QED) is 0.342. The predicted molar refractivity (Wildman–Crippen MR) is 111 cm³/mol. The smallest absolute Gasteiger partial charge is 0.315 e. The number of nitrogens with zero attached hydrogens (tertiary/aromatic N) is 2. The van der Waals surface area contributed by atoms with E-state index < -0.39 is 0 Å². The Kier molecular flexibility index (Phi) is 7.79. The van der Waals surface area contributed by atoms with E-state index in [1.54, 1.807) is 6.08 Å². The molecule has 0 saturated carbocycles. The largest absolute Gasteiger partial charge is 0.340 e. The number of hydrogen-bond acceptors (Lipinski definition) is 5. The van der Waals surface area contributed by atoms with Crippen molar-refractivity contribution in [3.05, 3.63) is 12.2 Å². The molecule has 3 rings (SSSR count). The van der Waals surface area contributed by atoms with Crippen molar-refractivity contribution >= 4 is 29.5 Å². The van der Waals surface area contributed by atoms with Crippen LogP contribution in [0.5, 0.6) is 0 Å². The van der Waals surface area contributed by atoms with Crippen molar-refractivity contribution in [2.24, 2.45) is 0 Å². The lowest BCUT2D eigenvalue weighted by molar-refractivity contribution is -0.133. The van der Waals surface area contributed by atoms with Gasteiger partial charge in [0.1, 0.15) is 0 Å². The number of unbranched alkanes of at least 4 members (excludes halogenated alkanes) is 1. The highest BCUT2D eigenvalue weighted by Gasteiger charge is 2.42. The van der Waals surface area contributed by atoms with Crippen LogP contribution in [-0.2, 0) is 9.59 Å². The van der Waals surface area contributed by atoms with Gasteiger partial charge in [-0.1, -0.05) is 19.4 Å². The summed E-state index contributed by atoms with van der Waals surface area (Å²) in [5.74, 6) is 1.40. The third kappa shape index (κ3) is 5.73. The summed E-state index contributed by atoms with van der Waals surface area (Å²) in [6.07, 6.45) is 7.74.